The molecule has 0 aliphatic rings. The van der Waals surface area contributed by atoms with E-state index >= 15 is 0 Å². The van der Waals surface area contributed by atoms with Crippen molar-refractivity contribution in [2.24, 2.45) is 0 Å². The lowest BCUT2D eigenvalue weighted by atomic mass is 10.2. The first-order valence-corrected chi connectivity index (χ1v) is 7.62. The van der Waals surface area contributed by atoms with Gasteiger partial charge in [0.25, 0.3) is 0 Å². The van der Waals surface area contributed by atoms with Gasteiger partial charge in [-0.25, -0.2) is 9.97 Å². The van der Waals surface area contributed by atoms with Crippen LogP contribution in [0.25, 0.3) is 0 Å². The number of anilines is 3. The number of pyridine rings is 2. The summed E-state index contributed by atoms with van der Waals surface area (Å²) in [7, 11) is 2.02. The van der Waals surface area contributed by atoms with E-state index in [4.69, 9.17) is 0 Å². The van der Waals surface area contributed by atoms with E-state index in [2.05, 4.69) is 45.3 Å². The smallest absolute Gasteiger partial charge is 0.132 e. The highest BCUT2D eigenvalue weighted by Gasteiger charge is 2.04. The number of nitrogens with zero attached hydrogens (tertiary/aromatic N) is 3. The Hall–Kier alpha value is -2.88. The third kappa shape index (κ3) is 3.86. The zero-order valence-electron chi connectivity index (χ0n) is 13.4. The second-order valence-corrected chi connectivity index (χ2v) is 5.49. The summed E-state index contributed by atoms with van der Waals surface area (Å²) in [5.74, 6) is 1.81. The normalized spacial score (nSPS) is 10.3. The molecule has 1 aromatic carbocycles. The second-order valence-electron chi connectivity index (χ2n) is 5.49. The molecule has 0 aliphatic carbocycles. The molecule has 2 heterocycles. The molecule has 0 bridgehead atoms. The maximum Gasteiger partial charge on any atom is 0.132 e. The number of para-hydroxylation sites is 1. The van der Waals surface area contributed by atoms with Crippen molar-refractivity contribution in [1.82, 2.24) is 9.97 Å². The summed E-state index contributed by atoms with van der Waals surface area (Å²) in [5, 5.41) is 3.32. The van der Waals surface area contributed by atoms with Crippen molar-refractivity contribution >= 4 is 17.3 Å². The van der Waals surface area contributed by atoms with Crippen LogP contribution < -0.4 is 10.2 Å². The molecule has 0 fully saturated rings. The van der Waals surface area contributed by atoms with Gasteiger partial charge in [0.2, 0.25) is 0 Å². The van der Waals surface area contributed by atoms with E-state index in [-0.39, 0.29) is 0 Å². The summed E-state index contributed by atoms with van der Waals surface area (Å²) in [4.78, 5) is 10.9. The molecule has 0 atom stereocenters. The van der Waals surface area contributed by atoms with Crippen molar-refractivity contribution in [3.63, 3.8) is 0 Å². The lowest BCUT2D eigenvalue weighted by Crippen LogP contribution is -2.11. The standard InChI is InChI=1S/C19H20N4/c1-15-10-11-20-18(12-15)21-13-16-8-9-19(22-14-16)23(2)17-6-4-3-5-7-17/h3-12,14H,13H2,1-2H3,(H,20,21). The van der Waals surface area contributed by atoms with Crippen LogP contribution in [0, 0.1) is 6.92 Å². The zero-order valence-corrected chi connectivity index (χ0v) is 13.4. The van der Waals surface area contributed by atoms with E-state index in [0.29, 0.717) is 6.54 Å². The van der Waals surface area contributed by atoms with E-state index < -0.39 is 0 Å². The molecule has 2 aromatic heterocycles. The van der Waals surface area contributed by atoms with Crippen molar-refractivity contribution in [1.29, 1.82) is 0 Å². The van der Waals surface area contributed by atoms with Gasteiger partial charge >= 0.3 is 0 Å². The number of hydrogen-bond donors (Lipinski definition) is 1. The number of aryl methyl sites for hydroxylation is 1. The monoisotopic (exact) mass is 304 g/mol. The van der Waals surface area contributed by atoms with Crippen molar-refractivity contribution in [3.05, 3.63) is 78.1 Å². The molecule has 3 aromatic rings. The molecule has 3 rings (SSSR count). The average molecular weight is 304 g/mol. The van der Waals surface area contributed by atoms with Crippen LogP contribution in [0.3, 0.4) is 0 Å². The Morgan fingerprint density at radius 3 is 2.52 bits per heavy atom. The number of nitrogens with one attached hydrogen (secondary N) is 1. The maximum absolute atomic E-state index is 4.55. The molecule has 23 heavy (non-hydrogen) atoms. The van der Waals surface area contributed by atoms with Crippen LogP contribution in [0.4, 0.5) is 17.3 Å². The van der Waals surface area contributed by atoms with E-state index in [0.717, 1.165) is 22.9 Å². The highest BCUT2D eigenvalue weighted by atomic mass is 15.2. The van der Waals surface area contributed by atoms with Crippen LogP contribution >= 0.6 is 0 Å². The fourth-order valence-electron chi connectivity index (χ4n) is 2.33. The summed E-state index contributed by atoms with van der Waals surface area (Å²) in [6.07, 6.45) is 3.71. The van der Waals surface area contributed by atoms with E-state index in [1.54, 1.807) is 0 Å². The summed E-state index contributed by atoms with van der Waals surface area (Å²) >= 11 is 0. The largest absolute Gasteiger partial charge is 0.366 e. The van der Waals surface area contributed by atoms with E-state index in [1.807, 2.05) is 55.8 Å². The molecule has 0 radical (unpaired) electrons. The Labute approximate surface area is 136 Å². The van der Waals surface area contributed by atoms with Gasteiger partial charge in [-0.3, -0.25) is 0 Å². The molecule has 116 valence electrons. The summed E-state index contributed by atoms with van der Waals surface area (Å²) in [6, 6.07) is 18.3. The summed E-state index contributed by atoms with van der Waals surface area (Å²) < 4.78 is 0. The lowest BCUT2D eigenvalue weighted by Gasteiger charge is -2.18. The minimum Gasteiger partial charge on any atom is -0.366 e. The van der Waals surface area contributed by atoms with Crippen LogP contribution in [-0.2, 0) is 6.54 Å². The summed E-state index contributed by atoms with van der Waals surface area (Å²) in [5.41, 5.74) is 3.44. The SMILES string of the molecule is Cc1ccnc(NCc2ccc(N(C)c3ccccc3)nc2)c1. The van der Waals surface area contributed by atoms with E-state index in [1.165, 1.54) is 5.56 Å². The Kier molecular flexibility index (Phi) is 4.52. The molecule has 1 N–H and O–H groups in total. The van der Waals surface area contributed by atoms with Gasteiger partial charge < -0.3 is 10.2 Å². The third-order valence-electron chi connectivity index (χ3n) is 3.69. The van der Waals surface area contributed by atoms with Crippen molar-refractivity contribution in [3.8, 4) is 0 Å². The third-order valence-corrected chi connectivity index (χ3v) is 3.69. The van der Waals surface area contributed by atoms with Gasteiger partial charge in [-0.15, -0.1) is 0 Å². The highest BCUT2D eigenvalue weighted by Crippen LogP contribution is 2.21. The van der Waals surface area contributed by atoms with E-state index in [9.17, 15) is 0 Å². The second kappa shape index (κ2) is 6.92. The van der Waals surface area contributed by atoms with Crippen molar-refractivity contribution < 1.29 is 0 Å². The van der Waals surface area contributed by atoms with Gasteiger partial charge in [-0.2, -0.15) is 0 Å². The van der Waals surface area contributed by atoms with Gasteiger partial charge in [0.1, 0.15) is 11.6 Å². The molecule has 0 amide bonds. The quantitative estimate of drug-likeness (QED) is 0.768. The predicted molar refractivity (Wildman–Crippen MR) is 95.0 cm³/mol. The minimum atomic E-state index is 0.707. The lowest BCUT2D eigenvalue weighted by molar-refractivity contribution is 1.06. The molecule has 0 aliphatic heterocycles. The minimum absolute atomic E-state index is 0.707. The number of rotatable bonds is 5. The Morgan fingerprint density at radius 2 is 1.83 bits per heavy atom. The molecular weight excluding hydrogens is 284 g/mol. The Bertz CT molecular complexity index is 754. The topological polar surface area (TPSA) is 41.1 Å². The van der Waals surface area contributed by atoms with Gasteiger partial charge in [0, 0.05) is 31.7 Å². The van der Waals surface area contributed by atoms with Crippen LogP contribution in [0.5, 0.6) is 0 Å². The molecule has 4 heteroatoms. The molecule has 0 spiro atoms. The average Bonchev–Trinajstić information content (AvgIpc) is 2.61. The van der Waals surface area contributed by atoms with Crippen LogP contribution in [0.1, 0.15) is 11.1 Å². The molecule has 0 saturated heterocycles. The first-order valence-electron chi connectivity index (χ1n) is 7.62. The van der Waals surface area contributed by atoms with Crippen LogP contribution in [-0.4, -0.2) is 17.0 Å². The highest BCUT2D eigenvalue weighted by molar-refractivity contribution is 5.58. The van der Waals surface area contributed by atoms with Gasteiger partial charge in [0.05, 0.1) is 0 Å². The maximum atomic E-state index is 4.55. The van der Waals surface area contributed by atoms with Crippen molar-refractivity contribution in [2.75, 3.05) is 17.3 Å². The Morgan fingerprint density at radius 1 is 1.00 bits per heavy atom. The number of hydrogen-bond acceptors (Lipinski definition) is 4. The van der Waals surface area contributed by atoms with Crippen LogP contribution in [0.15, 0.2) is 67.0 Å². The first kappa shape index (κ1) is 15.0. The zero-order chi connectivity index (χ0) is 16.1. The molecule has 0 unspecified atom stereocenters. The summed E-state index contributed by atoms with van der Waals surface area (Å²) in [6.45, 7) is 2.77. The first-order chi connectivity index (χ1) is 11.2. The number of benzene rings is 1. The fourth-order valence-corrected chi connectivity index (χ4v) is 2.33. The Balaban J connectivity index is 1.65. The van der Waals surface area contributed by atoms with Crippen LogP contribution in [0.2, 0.25) is 0 Å². The van der Waals surface area contributed by atoms with Gasteiger partial charge in [-0.1, -0.05) is 24.3 Å². The molecule has 4 nitrogen and oxygen atoms in total. The van der Waals surface area contributed by atoms with Gasteiger partial charge in [-0.05, 0) is 48.4 Å². The number of aromatic nitrogens is 2. The fraction of sp³-hybridized carbons (Fsp3) is 0.158. The van der Waals surface area contributed by atoms with Crippen molar-refractivity contribution in [2.45, 2.75) is 13.5 Å². The predicted octanol–water partition coefficient (Wildman–Crippen LogP) is 4.17. The van der Waals surface area contributed by atoms with Gasteiger partial charge in [0.15, 0.2) is 0 Å². The molecule has 0 saturated carbocycles. The molecular formula is C19H20N4.